The molecule has 0 saturated carbocycles. The Balaban J connectivity index is 1.42. The van der Waals surface area contributed by atoms with E-state index < -0.39 is 0 Å². The number of benzene rings is 1. The zero-order valence-corrected chi connectivity index (χ0v) is 17.7. The van der Waals surface area contributed by atoms with Crippen molar-refractivity contribution in [2.75, 3.05) is 50.7 Å². The fourth-order valence-electron chi connectivity index (χ4n) is 4.32. The van der Waals surface area contributed by atoms with Crippen LogP contribution in [0.1, 0.15) is 52.0 Å². The Morgan fingerprint density at radius 2 is 1.52 bits per heavy atom. The van der Waals surface area contributed by atoms with Crippen molar-refractivity contribution in [1.29, 1.82) is 0 Å². The Bertz CT molecular complexity index is 595. The molecule has 1 amide bonds. The van der Waals surface area contributed by atoms with Crippen molar-refractivity contribution in [1.82, 2.24) is 9.80 Å². The van der Waals surface area contributed by atoms with Crippen LogP contribution in [0.4, 0.5) is 5.69 Å². The second-order valence-corrected chi connectivity index (χ2v) is 8.96. The van der Waals surface area contributed by atoms with E-state index in [-0.39, 0.29) is 5.92 Å². The summed E-state index contributed by atoms with van der Waals surface area (Å²) in [6.07, 6.45) is 2.55. The molecule has 2 aliphatic heterocycles. The first-order chi connectivity index (χ1) is 12.9. The summed E-state index contributed by atoms with van der Waals surface area (Å²) in [6, 6.07) is 9.15. The molecule has 2 heterocycles. The van der Waals surface area contributed by atoms with Gasteiger partial charge >= 0.3 is 0 Å². The van der Waals surface area contributed by atoms with Crippen molar-refractivity contribution in [3.63, 3.8) is 0 Å². The van der Waals surface area contributed by atoms with Crippen molar-refractivity contribution < 1.29 is 4.79 Å². The van der Waals surface area contributed by atoms with Crippen molar-refractivity contribution >= 4 is 11.6 Å². The lowest BCUT2D eigenvalue weighted by Crippen LogP contribution is -2.51. The van der Waals surface area contributed by atoms with Crippen LogP contribution in [0, 0.1) is 11.8 Å². The van der Waals surface area contributed by atoms with Crippen molar-refractivity contribution in [2.24, 2.45) is 11.8 Å². The minimum atomic E-state index is 0.121. The molecule has 0 N–H and O–H groups in total. The fraction of sp³-hybridized carbons (Fsp3) is 0.696. The Morgan fingerprint density at radius 1 is 0.926 bits per heavy atom. The van der Waals surface area contributed by atoms with Crippen LogP contribution in [0.5, 0.6) is 0 Å². The fourth-order valence-corrected chi connectivity index (χ4v) is 4.32. The third kappa shape index (κ3) is 5.25. The first kappa shape index (κ1) is 20.2. The van der Waals surface area contributed by atoms with Crippen LogP contribution in [-0.4, -0.2) is 61.5 Å². The minimum absolute atomic E-state index is 0.121. The molecule has 0 radical (unpaired) electrons. The maximum atomic E-state index is 12.1. The van der Waals surface area contributed by atoms with E-state index in [0.29, 0.717) is 11.8 Å². The lowest BCUT2D eigenvalue weighted by molar-refractivity contribution is -0.136. The number of nitrogens with zero attached hydrogens (tertiary/aromatic N) is 3. The van der Waals surface area contributed by atoms with E-state index in [1.54, 1.807) is 0 Å². The highest BCUT2D eigenvalue weighted by Gasteiger charge is 2.26. The van der Waals surface area contributed by atoms with E-state index in [2.05, 4.69) is 47.9 Å². The summed E-state index contributed by atoms with van der Waals surface area (Å²) in [5, 5.41) is 0. The first-order valence-electron chi connectivity index (χ1n) is 10.8. The Hall–Kier alpha value is -1.55. The molecule has 2 aliphatic rings. The molecule has 0 aromatic heterocycles. The average Bonchev–Trinajstić information content (AvgIpc) is 2.68. The molecule has 0 unspecified atom stereocenters. The molecule has 150 valence electrons. The average molecular weight is 372 g/mol. The van der Waals surface area contributed by atoms with E-state index in [1.165, 1.54) is 30.6 Å². The SMILES string of the molecule is CC(C)C(=O)N1CCN(CC2CCN(c3ccc(C(C)C)cc3)CC2)CC1. The summed E-state index contributed by atoms with van der Waals surface area (Å²) in [6.45, 7) is 15.9. The number of carbonyl (C=O) groups is 1. The third-order valence-electron chi connectivity index (χ3n) is 6.23. The van der Waals surface area contributed by atoms with Gasteiger partial charge in [0, 0.05) is 57.4 Å². The maximum absolute atomic E-state index is 12.1. The summed E-state index contributed by atoms with van der Waals surface area (Å²) >= 11 is 0. The number of anilines is 1. The molecule has 2 saturated heterocycles. The van der Waals surface area contributed by atoms with Crippen LogP contribution in [0.3, 0.4) is 0 Å². The Labute approximate surface area is 165 Å². The summed E-state index contributed by atoms with van der Waals surface area (Å²) in [7, 11) is 0. The molecule has 0 atom stereocenters. The smallest absolute Gasteiger partial charge is 0.225 e. The van der Waals surface area contributed by atoms with Gasteiger partial charge in [-0.1, -0.05) is 39.8 Å². The predicted molar refractivity (Wildman–Crippen MR) is 113 cm³/mol. The lowest BCUT2D eigenvalue weighted by Gasteiger charge is -2.39. The van der Waals surface area contributed by atoms with Gasteiger partial charge in [0.15, 0.2) is 0 Å². The van der Waals surface area contributed by atoms with Crippen LogP contribution in [0.25, 0.3) is 0 Å². The monoisotopic (exact) mass is 371 g/mol. The number of hydrogen-bond acceptors (Lipinski definition) is 3. The lowest BCUT2D eigenvalue weighted by atomic mass is 9.95. The van der Waals surface area contributed by atoms with E-state index in [4.69, 9.17) is 0 Å². The van der Waals surface area contributed by atoms with Gasteiger partial charge in [-0.3, -0.25) is 9.69 Å². The molecule has 27 heavy (non-hydrogen) atoms. The number of rotatable bonds is 5. The highest BCUT2D eigenvalue weighted by atomic mass is 16.2. The Morgan fingerprint density at radius 3 is 2.04 bits per heavy atom. The zero-order valence-electron chi connectivity index (χ0n) is 17.7. The van der Waals surface area contributed by atoms with Gasteiger partial charge in [0.25, 0.3) is 0 Å². The number of amides is 1. The van der Waals surface area contributed by atoms with Gasteiger partial charge in [0.1, 0.15) is 0 Å². The van der Waals surface area contributed by atoms with E-state index in [0.717, 1.165) is 45.2 Å². The zero-order chi connectivity index (χ0) is 19.4. The second-order valence-electron chi connectivity index (χ2n) is 8.96. The highest BCUT2D eigenvalue weighted by molar-refractivity contribution is 5.78. The largest absolute Gasteiger partial charge is 0.372 e. The highest BCUT2D eigenvalue weighted by Crippen LogP contribution is 2.26. The van der Waals surface area contributed by atoms with E-state index in [1.807, 2.05) is 18.7 Å². The Kier molecular flexibility index (Phi) is 6.80. The van der Waals surface area contributed by atoms with Crippen molar-refractivity contribution in [2.45, 2.75) is 46.5 Å². The summed E-state index contributed by atoms with van der Waals surface area (Å²) in [4.78, 5) is 19.3. The van der Waals surface area contributed by atoms with Crippen LogP contribution in [0.2, 0.25) is 0 Å². The number of piperazine rings is 1. The number of carbonyl (C=O) groups excluding carboxylic acids is 1. The van der Waals surface area contributed by atoms with Gasteiger partial charge < -0.3 is 9.80 Å². The summed E-state index contributed by atoms with van der Waals surface area (Å²) in [5.74, 6) is 1.83. The molecule has 3 rings (SSSR count). The van der Waals surface area contributed by atoms with Gasteiger partial charge in [-0.25, -0.2) is 0 Å². The second kappa shape index (κ2) is 9.09. The van der Waals surface area contributed by atoms with E-state index >= 15 is 0 Å². The molecule has 0 bridgehead atoms. The van der Waals surface area contributed by atoms with Gasteiger partial charge in [0.2, 0.25) is 5.91 Å². The number of piperidine rings is 1. The van der Waals surface area contributed by atoms with Gasteiger partial charge in [-0.05, 0) is 42.4 Å². The molecule has 1 aromatic rings. The van der Waals surface area contributed by atoms with Crippen LogP contribution >= 0.6 is 0 Å². The molecule has 4 nitrogen and oxygen atoms in total. The van der Waals surface area contributed by atoms with Crippen LogP contribution in [-0.2, 0) is 4.79 Å². The molecule has 4 heteroatoms. The normalized spacial score (nSPS) is 19.9. The topological polar surface area (TPSA) is 26.8 Å². The van der Waals surface area contributed by atoms with Gasteiger partial charge in [-0.2, -0.15) is 0 Å². The molecule has 2 fully saturated rings. The standard InChI is InChI=1S/C23H37N3O/c1-18(2)21-5-7-22(8-6-21)25-11-9-20(10-12-25)17-24-13-15-26(16-14-24)23(27)19(3)4/h5-8,18-20H,9-17H2,1-4H3. The summed E-state index contributed by atoms with van der Waals surface area (Å²) < 4.78 is 0. The van der Waals surface area contributed by atoms with Crippen LogP contribution in [0.15, 0.2) is 24.3 Å². The quantitative estimate of drug-likeness (QED) is 0.787. The first-order valence-corrected chi connectivity index (χ1v) is 10.8. The predicted octanol–water partition coefficient (Wildman–Crippen LogP) is 3.83. The molecule has 0 aliphatic carbocycles. The summed E-state index contributed by atoms with van der Waals surface area (Å²) in [5.41, 5.74) is 2.79. The van der Waals surface area contributed by atoms with Gasteiger partial charge in [-0.15, -0.1) is 0 Å². The van der Waals surface area contributed by atoms with Crippen molar-refractivity contribution in [3.8, 4) is 0 Å². The third-order valence-corrected chi connectivity index (χ3v) is 6.23. The van der Waals surface area contributed by atoms with Gasteiger partial charge in [0.05, 0.1) is 0 Å². The van der Waals surface area contributed by atoms with Crippen molar-refractivity contribution in [3.05, 3.63) is 29.8 Å². The van der Waals surface area contributed by atoms with Crippen LogP contribution < -0.4 is 4.90 Å². The molecule has 0 spiro atoms. The minimum Gasteiger partial charge on any atom is -0.372 e. The maximum Gasteiger partial charge on any atom is 0.225 e. The molecular formula is C23H37N3O. The van der Waals surface area contributed by atoms with E-state index in [9.17, 15) is 4.79 Å². The molecular weight excluding hydrogens is 334 g/mol. The number of hydrogen-bond donors (Lipinski definition) is 0. The molecule has 1 aromatic carbocycles.